The van der Waals surface area contributed by atoms with Gasteiger partial charge in [-0.25, -0.2) is 9.78 Å². The van der Waals surface area contributed by atoms with E-state index in [9.17, 15) is 4.79 Å². The van der Waals surface area contributed by atoms with Gasteiger partial charge in [-0.15, -0.1) is 0 Å². The average molecular weight is 279 g/mol. The van der Waals surface area contributed by atoms with Gasteiger partial charge in [0.25, 0.3) is 0 Å². The number of methoxy groups -OCH3 is 1. The van der Waals surface area contributed by atoms with Crippen LogP contribution >= 0.6 is 0 Å². The lowest BCUT2D eigenvalue weighted by Gasteiger charge is -2.25. The molecule has 0 radical (unpaired) electrons. The van der Waals surface area contributed by atoms with Gasteiger partial charge in [0.1, 0.15) is 11.4 Å². The molecule has 110 valence electrons. The van der Waals surface area contributed by atoms with Gasteiger partial charge in [0, 0.05) is 19.7 Å². The highest BCUT2D eigenvalue weighted by molar-refractivity contribution is 5.95. The zero-order valence-corrected chi connectivity index (χ0v) is 12.0. The first-order chi connectivity index (χ1) is 9.67. The van der Waals surface area contributed by atoms with Crippen LogP contribution in [0.5, 0.6) is 0 Å². The molecule has 6 nitrogen and oxygen atoms in total. The summed E-state index contributed by atoms with van der Waals surface area (Å²) in [6.07, 6.45) is 3.79. The largest absolute Gasteiger partial charge is 0.462 e. The minimum atomic E-state index is -0.384. The second-order valence-electron chi connectivity index (χ2n) is 4.78. The number of carbonyl (C=O) groups excluding carboxylic acids is 1. The van der Waals surface area contributed by atoms with Crippen LogP contribution in [0.3, 0.4) is 0 Å². The third-order valence-corrected chi connectivity index (χ3v) is 3.18. The van der Waals surface area contributed by atoms with Gasteiger partial charge < -0.3 is 20.1 Å². The molecular formula is C14H21N3O3. The minimum absolute atomic E-state index is 0.328. The zero-order valence-electron chi connectivity index (χ0n) is 12.0. The molecular weight excluding hydrogens is 258 g/mol. The van der Waals surface area contributed by atoms with E-state index in [0.717, 1.165) is 12.8 Å². The number of hydrogen-bond acceptors (Lipinski definition) is 6. The Hall–Kier alpha value is -1.82. The van der Waals surface area contributed by atoms with E-state index in [1.54, 1.807) is 26.3 Å². The van der Waals surface area contributed by atoms with Crippen LogP contribution in [-0.4, -0.2) is 43.9 Å². The number of rotatable bonds is 7. The molecule has 0 atom stereocenters. The Labute approximate surface area is 118 Å². The first-order valence-electron chi connectivity index (χ1n) is 6.85. The maximum atomic E-state index is 12.1. The summed E-state index contributed by atoms with van der Waals surface area (Å²) in [5, 5.41) is 0. The summed E-state index contributed by atoms with van der Waals surface area (Å²) < 4.78 is 10.2. The summed E-state index contributed by atoms with van der Waals surface area (Å²) in [5.41, 5.74) is 6.62. The Kier molecular flexibility index (Phi) is 4.79. The van der Waals surface area contributed by atoms with Gasteiger partial charge in [-0.05, 0) is 25.8 Å². The molecule has 1 aliphatic carbocycles. The molecule has 2 rings (SSSR count). The molecule has 1 aromatic heterocycles. The van der Waals surface area contributed by atoms with Crippen LogP contribution in [0, 0.1) is 0 Å². The van der Waals surface area contributed by atoms with E-state index in [4.69, 9.17) is 15.2 Å². The Balaban J connectivity index is 2.29. The van der Waals surface area contributed by atoms with Gasteiger partial charge in [-0.1, -0.05) is 0 Å². The molecule has 0 aliphatic heterocycles. The van der Waals surface area contributed by atoms with Gasteiger partial charge in [0.2, 0.25) is 0 Å². The molecule has 20 heavy (non-hydrogen) atoms. The molecule has 0 spiro atoms. The molecule has 1 aliphatic rings. The summed E-state index contributed by atoms with van der Waals surface area (Å²) >= 11 is 0. The Morgan fingerprint density at radius 3 is 2.90 bits per heavy atom. The van der Waals surface area contributed by atoms with Crippen molar-refractivity contribution >= 4 is 17.5 Å². The van der Waals surface area contributed by atoms with E-state index in [0.29, 0.717) is 42.9 Å². The standard InChI is InChI=1S/C14H21N3O3/c1-3-20-14(18)12-8-10(15)9-16-13(12)17(6-7-19-2)11-4-5-11/h8-9,11H,3-7,15H2,1-2H3. The molecule has 6 heteroatoms. The van der Waals surface area contributed by atoms with Crippen LogP contribution in [0.1, 0.15) is 30.1 Å². The normalized spacial score (nSPS) is 14.1. The van der Waals surface area contributed by atoms with Crippen LogP contribution in [0.2, 0.25) is 0 Å². The Morgan fingerprint density at radius 2 is 2.30 bits per heavy atom. The Morgan fingerprint density at radius 1 is 1.55 bits per heavy atom. The third-order valence-electron chi connectivity index (χ3n) is 3.18. The van der Waals surface area contributed by atoms with Crippen LogP contribution in [0.4, 0.5) is 11.5 Å². The molecule has 0 unspecified atom stereocenters. The van der Waals surface area contributed by atoms with Crippen LogP contribution in [-0.2, 0) is 9.47 Å². The number of nitrogens with zero attached hydrogens (tertiary/aromatic N) is 2. The van der Waals surface area contributed by atoms with Gasteiger partial charge in [-0.2, -0.15) is 0 Å². The van der Waals surface area contributed by atoms with E-state index >= 15 is 0 Å². The maximum absolute atomic E-state index is 12.1. The molecule has 1 aromatic rings. The van der Waals surface area contributed by atoms with E-state index in [1.165, 1.54) is 0 Å². The van der Waals surface area contributed by atoms with Crippen LogP contribution < -0.4 is 10.6 Å². The van der Waals surface area contributed by atoms with E-state index < -0.39 is 0 Å². The molecule has 1 heterocycles. The fourth-order valence-corrected chi connectivity index (χ4v) is 2.10. The van der Waals surface area contributed by atoms with Crippen molar-refractivity contribution in [2.75, 3.05) is 37.5 Å². The monoisotopic (exact) mass is 279 g/mol. The van der Waals surface area contributed by atoms with Gasteiger partial charge in [0.15, 0.2) is 0 Å². The summed E-state index contributed by atoms with van der Waals surface area (Å²) in [6, 6.07) is 2.05. The highest BCUT2D eigenvalue weighted by Crippen LogP contribution is 2.33. The number of nitrogens with two attached hydrogens (primary N) is 1. The van der Waals surface area contributed by atoms with E-state index in [2.05, 4.69) is 9.88 Å². The lowest BCUT2D eigenvalue weighted by Crippen LogP contribution is -2.32. The number of pyridine rings is 1. The van der Waals surface area contributed by atoms with E-state index in [1.807, 2.05) is 0 Å². The van der Waals surface area contributed by atoms with E-state index in [-0.39, 0.29) is 5.97 Å². The van der Waals surface area contributed by atoms with Gasteiger partial charge in [0.05, 0.1) is 25.1 Å². The maximum Gasteiger partial charge on any atom is 0.341 e. The summed E-state index contributed by atoms with van der Waals surface area (Å²) in [7, 11) is 1.66. The van der Waals surface area contributed by atoms with Crippen LogP contribution in [0.15, 0.2) is 12.3 Å². The third kappa shape index (κ3) is 3.39. The number of esters is 1. The van der Waals surface area contributed by atoms with Crippen molar-refractivity contribution in [1.29, 1.82) is 0 Å². The van der Waals surface area contributed by atoms with Crippen molar-refractivity contribution < 1.29 is 14.3 Å². The highest BCUT2D eigenvalue weighted by atomic mass is 16.5. The lowest BCUT2D eigenvalue weighted by molar-refractivity contribution is 0.0526. The molecule has 0 amide bonds. The lowest BCUT2D eigenvalue weighted by atomic mass is 10.2. The zero-order chi connectivity index (χ0) is 14.5. The number of ether oxygens (including phenoxy) is 2. The molecule has 0 saturated heterocycles. The molecule has 0 aromatic carbocycles. The van der Waals surface area contributed by atoms with Crippen molar-refractivity contribution in [3.8, 4) is 0 Å². The summed E-state index contributed by atoms with van der Waals surface area (Å²) in [5.74, 6) is 0.252. The number of hydrogen-bond donors (Lipinski definition) is 1. The fourth-order valence-electron chi connectivity index (χ4n) is 2.10. The Bertz CT molecular complexity index is 475. The van der Waals surface area contributed by atoms with Gasteiger partial charge in [-0.3, -0.25) is 0 Å². The van der Waals surface area contributed by atoms with Crippen molar-refractivity contribution in [2.45, 2.75) is 25.8 Å². The average Bonchev–Trinajstić information content (AvgIpc) is 3.25. The quantitative estimate of drug-likeness (QED) is 0.761. The van der Waals surface area contributed by atoms with Crippen LogP contribution in [0.25, 0.3) is 0 Å². The van der Waals surface area contributed by atoms with Crippen molar-refractivity contribution in [2.24, 2.45) is 0 Å². The smallest absolute Gasteiger partial charge is 0.341 e. The number of aromatic nitrogens is 1. The fraction of sp³-hybridized carbons (Fsp3) is 0.571. The highest BCUT2D eigenvalue weighted by Gasteiger charge is 2.32. The molecule has 1 saturated carbocycles. The second kappa shape index (κ2) is 6.56. The SMILES string of the molecule is CCOC(=O)c1cc(N)cnc1N(CCOC)C1CC1. The second-order valence-corrected chi connectivity index (χ2v) is 4.78. The van der Waals surface area contributed by atoms with Gasteiger partial charge >= 0.3 is 5.97 Å². The molecule has 0 bridgehead atoms. The molecule has 2 N–H and O–H groups in total. The molecule has 1 fully saturated rings. The van der Waals surface area contributed by atoms with Crippen molar-refractivity contribution in [3.05, 3.63) is 17.8 Å². The summed E-state index contributed by atoms with van der Waals surface area (Å²) in [6.45, 7) is 3.39. The number of carbonyl (C=O) groups is 1. The topological polar surface area (TPSA) is 77.7 Å². The number of anilines is 2. The summed E-state index contributed by atoms with van der Waals surface area (Å²) in [4.78, 5) is 18.5. The van der Waals surface area contributed by atoms with Crippen molar-refractivity contribution in [1.82, 2.24) is 4.98 Å². The first-order valence-corrected chi connectivity index (χ1v) is 6.85. The number of nitrogen functional groups attached to an aromatic ring is 1. The predicted molar refractivity (Wildman–Crippen MR) is 76.8 cm³/mol. The first kappa shape index (κ1) is 14.6. The predicted octanol–water partition coefficient (Wildman–Crippen LogP) is 1.46. The minimum Gasteiger partial charge on any atom is -0.462 e. The van der Waals surface area contributed by atoms with Crippen molar-refractivity contribution in [3.63, 3.8) is 0 Å².